The first-order valence-electron chi connectivity index (χ1n) is 6.90. The maximum atomic E-state index is 12.5. The van der Waals surface area contributed by atoms with E-state index in [0.29, 0.717) is 31.0 Å². The number of nitrogens with zero attached hydrogens (tertiary/aromatic N) is 1. The second-order valence-corrected chi connectivity index (χ2v) is 6.51. The van der Waals surface area contributed by atoms with Crippen molar-refractivity contribution in [3.8, 4) is 0 Å². The van der Waals surface area contributed by atoms with E-state index >= 15 is 0 Å². The van der Waals surface area contributed by atoms with Gasteiger partial charge in [0.2, 0.25) is 0 Å². The minimum Gasteiger partial charge on any atom is -0.375 e. The molecule has 1 aliphatic rings. The second kappa shape index (κ2) is 6.99. The molecular formula is C15H21NO3S. The van der Waals surface area contributed by atoms with E-state index < -0.39 is 10.8 Å². The van der Waals surface area contributed by atoms with Crippen molar-refractivity contribution < 1.29 is 13.7 Å². The van der Waals surface area contributed by atoms with Crippen LogP contribution in [0.1, 0.15) is 29.3 Å². The number of rotatable bonds is 4. The molecule has 0 bridgehead atoms. The van der Waals surface area contributed by atoms with Crippen molar-refractivity contribution >= 4 is 16.7 Å². The van der Waals surface area contributed by atoms with Crippen LogP contribution >= 0.6 is 0 Å². The highest BCUT2D eigenvalue weighted by Gasteiger charge is 2.24. The monoisotopic (exact) mass is 295 g/mol. The first-order chi connectivity index (χ1) is 9.60. The Labute approximate surface area is 122 Å². The lowest BCUT2D eigenvalue weighted by atomic mass is 10.1. The Morgan fingerprint density at radius 1 is 1.50 bits per heavy atom. The van der Waals surface area contributed by atoms with Gasteiger partial charge >= 0.3 is 0 Å². The number of amides is 1. The summed E-state index contributed by atoms with van der Waals surface area (Å²) in [6.45, 7) is 3.96. The third-order valence-corrected chi connectivity index (χ3v) is 4.17. The number of hydrogen-bond donors (Lipinski definition) is 0. The highest BCUT2D eigenvalue weighted by molar-refractivity contribution is 7.83. The quantitative estimate of drug-likeness (QED) is 0.851. The predicted octanol–water partition coefficient (Wildman–Crippen LogP) is 1.82. The van der Waals surface area contributed by atoms with Crippen LogP contribution in [0, 0.1) is 0 Å². The van der Waals surface area contributed by atoms with E-state index in [0.717, 1.165) is 12.0 Å². The van der Waals surface area contributed by atoms with Gasteiger partial charge in [0.1, 0.15) is 0 Å². The molecule has 1 saturated heterocycles. The molecule has 20 heavy (non-hydrogen) atoms. The van der Waals surface area contributed by atoms with Crippen molar-refractivity contribution in [1.29, 1.82) is 0 Å². The molecule has 0 N–H and O–H groups in total. The third-order valence-electron chi connectivity index (χ3n) is 3.43. The van der Waals surface area contributed by atoms with Gasteiger partial charge in [-0.3, -0.25) is 9.00 Å². The number of ether oxygens (including phenoxy) is 1. The summed E-state index contributed by atoms with van der Waals surface area (Å²) in [4.78, 5) is 14.3. The van der Waals surface area contributed by atoms with Crippen molar-refractivity contribution in [2.45, 2.75) is 25.2 Å². The SMILES string of the molecule is CC[C@H]1CN(C(=O)c2cccc(C[S@@](C)=O)c2)CCO1. The van der Waals surface area contributed by atoms with Gasteiger partial charge in [-0.05, 0) is 24.1 Å². The van der Waals surface area contributed by atoms with E-state index in [-0.39, 0.29) is 12.0 Å². The summed E-state index contributed by atoms with van der Waals surface area (Å²) in [5.41, 5.74) is 1.61. The molecule has 1 fully saturated rings. The van der Waals surface area contributed by atoms with Crippen LogP contribution in [0.2, 0.25) is 0 Å². The molecular weight excluding hydrogens is 274 g/mol. The largest absolute Gasteiger partial charge is 0.375 e. The van der Waals surface area contributed by atoms with E-state index in [1.165, 1.54) is 0 Å². The fourth-order valence-electron chi connectivity index (χ4n) is 2.36. The van der Waals surface area contributed by atoms with Gasteiger partial charge in [-0.15, -0.1) is 0 Å². The minimum atomic E-state index is -0.895. The lowest BCUT2D eigenvalue weighted by Gasteiger charge is -2.32. The van der Waals surface area contributed by atoms with Gasteiger partial charge in [-0.2, -0.15) is 0 Å². The maximum absolute atomic E-state index is 12.5. The number of hydrogen-bond acceptors (Lipinski definition) is 3. The Balaban J connectivity index is 2.10. The second-order valence-electron chi connectivity index (χ2n) is 5.07. The summed E-state index contributed by atoms with van der Waals surface area (Å²) in [6.07, 6.45) is 2.72. The molecule has 0 aromatic heterocycles. The van der Waals surface area contributed by atoms with Crippen molar-refractivity contribution in [2.75, 3.05) is 26.0 Å². The average Bonchev–Trinajstić information content (AvgIpc) is 2.46. The van der Waals surface area contributed by atoms with E-state index in [1.54, 1.807) is 6.26 Å². The van der Waals surface area contributed by atoms with Gasteiger partial charge in [0, 0.05) is 41.5 Å². The zero-order valence-corrected chi connectivity index (χ0v) is 12.8. The Hall–Kier alpha value is -1.20. The molecule has 4 nitrogen and oxygen atoms in total. The first-order valence-corrected chi connectivity index (χ1v) is 8.62. The predicted molar refractivity (Wildman–Crippen MR) is 80.1 cm³/mol. The summed E-state index contributed by atoms with van der Waals surface area (Å²) >= 11 is 0. The minimum absolute atomic E-state index is 0.0375. The molecule has 0 spiro atoms. The van der Waals surface area contributed by atoms with E-state index in [9.17, 15) is 9.00 Å². The van der Waals surface area contributed by atoms with Gasteiger partial charge in [0.05, 0.1) is 12.7 Å². The Morgan fingerprint density at radius 2 is 2.30 bits per heavy atom. The van der Waals surface area contributed by atoms with Gasteiger partial charge < -0.3 is 9.64 Å². The third kappa shape index (κ3) is 3.90. The topological polar surface area (TPSA) is 46.6 Å². The Bertz CT molecular complexity index is 504. The van der Waals surface area contributed by atoms with Crippen molar-refractivity contribution in [2.24, 2.45) is 0 Å². The van der Waals surface area contributed by atoms with Crippen molar-refractivity contribution in [1.82, 2.24) is 4.90 Å². The number of carbonyl (C=O) groups is 1. The number of benzene rings is 1. The number of morpholine rings is 1. The standard InChI is InChI=1S/C15H21NO3S/c1-3-14-10-16(7-8-19-14)15(17)13-6-4-5-12(9-13)11-20(2)18/h4-6,9,14H,3,7-8,10-11H2,1-2H3/t14-,20+/m0/s1. The molecule has 1 aromatic rings. The van der Waals surface area contributed by atoms with Crippen molar-refractivity contribution in [3.05, 3.63) is 35.4 Å². The summed E-state index contributed by atoms with van der Waals surface area (Å²) in [7, 11) is -0.895. The maximum Gasteiger partial charge on any atom is 0.254 e. The molecule has 1 heterocycles. The van der Waals surface area contributed by atoms with Crippen LogP contribution < -0.4 is 0 Å². The normalized spacial score (nSPS) is 20.7. The smallest absolute Gasteiger partial charge is 0.254 e. The zero-order valence-electron chi connectivity index (χ0n) is 12.0. The molecule has 0 unspecified atom stereocenters. The van der Waals surface area contributed by atoms with E-state index in [2.05, 4.69) is 6.92 Å². The Morgan fingerprint density at radius 3 is 3.00 bits per heavy atom. The van der Waals surface area contributed by atoms with Crippen LogP contribution in [0.15, 0.2) is 24.3 Å². The summed E-state index contributed by atoms with van der Waals surface area (Å²) in [5, 5.41) is 0. The molecule has 2 atom stereocenters. The van der Waals surface area contributed by atoms with E-state index in [4.69, 9.17) is 4.74 Å². The van der Waals surface area contributed by atoms with Crippen molar-refractivity contribution in [3.63, 3.8) is 0 Å². The molecule has 0 radical (unpaired) electrons. The first kappa shape index (κ1) is 15.2. The molecule has 0 aliphatic carbocycles. The van der Waals surface area contributed by atoms with Crippen LogP contribution in [0.4, 0.5) is 0 Å². The highest BCUT2D eigenvalue weighted by Crippen LogP contribution is 2.14. The lowest BCUT2D eigenvalue weighted by Crippen LogP contribution is -2.45. The zero-order chi connectivity index (χ0) is 14.5. The summed E-state index contributed by atoms with van der Waals surface area (Å²) < 4.78 is 16.9. The summed E-state index contributed by atoms with van der Waals surface area (Å²) in [5.74, 6) is 0.525. The van der Waals surface area contributed by atoms with Gasteiger partial charge in [-0.25, -0.2) is 0 Å². The van der Waals surface area contributed by atoms with Gasteiger partial charge in [0.15, 0.2) is 0 Å². The molecule has 1 aliphatic heterocycles. The summed E-state index contributed by atoms with van der Waals surface area (Å²) in [6, 6.07) is 7.43. The van der Waals surface area contributed by atoms with Gasteiger partial charge in [0.25, 0.3) is 5.91 Å². The Kier molecular flexibility index (Phi) is 5.31. The lowest BCUT2D eigenvalue weighted by molar-refractivity contribution is -0.0226. The van der Waals surface area contributed by atoms with E-state index in [1.807, 2.05) is 29.2 Å². The molecule has 1 aromatic carbocycles. The highest BCUT2D eigenvalue weighted by atomic mass is 32.2. The van der Waals surface area contributed by atoms with Crippen LogP contribution in [0.5, 0.6) is 0 Å². The fraction of sp³-hybridized carbons (Fsp3) is 0.533. The van der Waals surface area contributed by atoms with Crippen LogP contribution in [-0.4, -0.2) is 47.1 Å². The molecule has 0 saturated carbocycles. The number of carbonyl (C=O) groups excluding carboxylic acids is 1. The molecule has 110 valence electrons. The average molecular weight is 295 g/mol. The van der Waals surface area contributed by atoms with Crippen LogP contribution in [0.3, 0.4) is 0 Å². The fourth-order valence-corrected chi connectivity index (χ4v) is 3.01. The molecule has 2 rings (SSSR count). The van der Waals surface area contributed by atoms with Crippen LogP contribution in [-0.2, 0) is 21.3 Å². The molecule has 1 amide bonds. The van der Waals surface area contributed by atoms with Gasteiger partial charge in [-0.1, -0.05) is 19.1 Å². The molecule has 5 heteroatoms. The van der Waals surface area contributed by atoms with Crippen LogP contribution in [0.25, 0.3) is 0 Å².